The first-order valence-corrected chi connectivity index (χ1v) is 12.8. The van der Waals surface area contributed by atoms with E-state index in [1.54, 1.807) is 7.05 Å². The maximum Gasteiger partial charge on any atom is 0.187 e. The third kappa shape index (κ3) is 10.7. The lowest BCUT2D eigenvalue weighted by atomic mass is 9.85. The van der Waals surface area contributed by atoms with Crippen molar-refractivity contribution in [2.24, 2.45) is 21.4 Å². The summed E-state index contributed by atoms with van der Waals surface area (Å²) in [4.78, 5) is 0. The molecule has 0 saturated carbocycles. The van der Waals surface area contributed by atoms with Crippen LogP contribution < -0.4 is 32.0 Å². The Morgan fingerprint density at radius 3 is 2.08 bits per heavy atom. The number of nitrogens with one attached hydrogen (secondary N) is 4. The molecule has 202 valence electrons. The van der Waals surface area contributed by atoms with Gasteiger partial charge in [-0.3, -0.25) is 10.9 Å². The predicted octanol–water partition coefficient (Wildman–Crippen LogP) is 3.63. The Morgan fingerprint density at radius 1 is 0.972 bits per heavy atom. The highest BCUT2D eigenvalue weighted by Crippen LogP contribution is 2.29. The van der Waals surface area contributed by atoms with Crippen molar-refractivity contribution in [1.82, 2.24) is 21.5 Å². The summed E-state index contributed by atoms with van der Waals surface area (Å²) in [5.41, 5.74) is 12.9. The molecule has 1 rings (SSSR count). The lowest BCUT2D eigenvalue weighted by Gasteiger charge is -2.39. The quantitative estimate of drug-likeness (QED) is 0.125. The first-order chi connectivity index (χ1) is 16.6. The molecule has 0 amide bonds. The van der Waals surface area contributed by atoms with Crippen LogP contribution in [-0.2, 0) is 4.74 Å². The largest absolute Gasteiger partial charge is 0.494 e. The van der Waals surface area contributed by atoms with Crippen molar-refractivity contribution in [3.8, 4) is 5.75 Å². The van der Waals surface area contributed by atoms with Gasteiger partial charge in [0.1, 0.15) is 17.2 Å². The number of rotatable bonds is 11. The summed E-state index contributed by atoms with van der Waals surface area (Å²) >= 11 is 10.6. The van der Waals surface area contributed by atoms with Crippen LogP contribution >= 0.6 is 24.4 Å². The SMILES string of the molecule is CCOc1ccc(C(=N\NC(=S)NC)/C(C)=N/NC(=S)NC(C)(C)CCOC(C)(N)C(C)(C)C)cc1. The molecule has 9 nitrogen and oxygen atoms in total. The minimum Gasteiger partial charge on any atom is -0.494 e. The average Bonchev–Trinajstić information content (AvgIpc) is 2.77. The Bertz CT molecular complexity index is 937. The lowest BCUT2D eigenvalue weighted by molar-refractivity contribution is -0.103. The third-order valence-electron chi connectivity index (χ3n) is 5.67. The number of nitrogens with two attached hydrogens (primary N) is 1. The van der Waals surface area contributed by atoms with E-state index in [-0.39, 0.29) is 11.0 Å². The number of hydrogen-bond donors (Lipinski definition) is 5. The van der Waals surface area contributed by atoms with Gasteiger partial charge >= 0.3 is 0 Å². The number of ether oxygens (including phenoxy) is 2. The second kappa shape index (κ2) is 13.8. The molecule has 0 aromatic heterocycles. The maximum absolute atomic E-state index is 6.32. The molecule has 0 aliphatic heterocycles. The first-order valence-electron chi connectivity index (χ1n) is 12.0. The van der Waals surface area contributed by atoms with Crippen LogP contribution in [0, 0.1) is 5.41 Å². The smallest absolute Gasteiger partial charge is 0.187 e. The summed E-state index contributed by atoms with van der Waals surface area (Å²) in [6.07, 6.45) is 0.699. The zero-order valence-corrected chi connectivity index (χ0v) is 24.7. The molecule has 6 N–H and O–H groups in total. The molecule has 1 unspecified atom stereocenters. The fraction of sp³-hybridized carbons (Fsp3) is 0.600. The van der Waals surface area contributed by atoms with Crippen molar-refractivity contribution in [3.63, 3.8) is 0 Å². The van der Waals surface area contributed by atoms with E-state index in [1.165, 1.54) is 0 Å². The van der Waals surface area contributed by atoms with E-state index in [2.05, 4.69) is 52.5 Å². The molecule has 1 atom stereocenters. The van der Waals surface area contributed by atoms with E-state index in [9.17, 15) is 0 Å². The molecule has 0 heterocycles. The standard InChI is InChI=1S/C25H43N7O2S2/c1-10-33-19-13-11-18(12-14-19)20(30-31-21(35)27-9)17(2)29-32-22(36)28-24(6,7)15-16-34-25(8,26)23(3,4)5/h11-14H,10,15-16,26H2,1-9H3,(H2,27,31,35)(H2,28,32,36)/b29-17+,30-20-. The van der Waals surface area contributed by atoms with Gasteiger partial charge in [-0.2, -0.15) is 10.2 Å². The molecule has 11 heteroatoms. The Morgan fingerprint density at radius 2 is 1.56 bits per heavy atom. The van der Waals surface area contributed by atoms with Crippen molar-refractivity contribution in [2.45, 2.75) is 73.1 Å². The number of benzene rings is 1. The summed E-state index contributed by atoms with van der Waals surface area (Å²) in [5, 5.41) is 15.8. The zero-order valence-electron chi connectivity index (χ0n) is 23.0. The van der Waals surface area contributed by atoms with Crippen molar-refractivity contribution in [1.29, 1.82) is 0 Å². The number of hydrazone groups is 2. The van der Waals surface area contributed by atoms with Crippen LogP contribution in [0.2, 0.25) is 0 Å². The van der Waals surface area contributed by atoms with Crippen LogP contribution in [0.4, 0.5) is 0 Å². The summed E-state index contributed by atoms with van der Waals surface area (Å²) in [7, 11) is 1.72. The highest BCUT2D eigenvalue weighted by molar-refractivity contribution is 7.80. The van der Waals surface area contributed by atoms with Gasteiger partial charge in [0.15, 0.2) is 10.2 Å². The Labute approximate surface area is 227 Å². The molecule has 0 aliphatic carbocycles. The van der Waals surface area contributed by atoms with E-state index in [0.717, 1.165) is 11.3 Å². The Balaban J connectivity index is 2.87. The van der Waals surface area contributed by atoms with Crippen molar-refractivity contribution < 1.29 is 9.47 Å². The molecule has 0 spiro atoms. The summed E-state index contributed by atoms with van der Waals surface area (Å²) in [6.45, 7) is 17.0. The fourth-order valence-electron chi connectivity index (χ4n) is 2.71. The van der Waals surface area contributed by atoms with Crippen LogP contribution in [0.1, 0.15) is 67.4 Å². The second-order valence-electron chi connectivity index (χ2n) is 10.2. The second-order valence-corrected chi connectivity index (χ2v) is 11.0. The van der Waals surface area contributed by atoms with Crippen LogP contribution in [0.5, 0.6) is 5.75 Å². The minimum absolute atomic E-state index is 0.179. The zero-order chi connectivity index (χ0) is 27.6. The monoisotopic (exact) mass is 537 g/mol. The number of nitrogens with zero attached hydrogens (tertiary/aromatic N) is 2. The maximum atomic E-state index is 6.32. The Hall–Kier alpha value is -2.34. The summed E-state index contributed by atoms with van der Waals surface area (Å²) < 4.78 is 11.5. The molecule has 0 fully saturated rings. The molecule has 1 aromatic rings. The van der Waals surface area contributed by atoms with Gasteiger partial charge in [-0.05, 0) is 89.7 Å². The van der Waals surface area contributed by atoms with Crippen LogP contribution in [0.3, 0.4) is 0 Å². The Kier molecular flexibility index (Phi) is 12.2. The van der Waals surface area contributed by atoms with E-state index in [4.69, 9.17) is 39.6 Å². The van der Waals surface area contributed by atoms with Gasteiger partial charge in [0, 0.05) is 23.6 Å². The minimum atomic E-state index is -0.733. The summed E-state index contributed by atoms with van der Waals surface area (Å²) in [6, 6.07) is 7.59. The van der Waals surface area contributed by atoms with Gasteiger partial charge in [0.05, 0.1) is 18.9 Å². The third-order valence-corrected chi connectivity index (χ3v) is 6.16. The number of thiocarbonyl (C=S) groups is 2. The molecule has 36 heavy (non-hydrogen) atoms. The van der Waals surface area contributed by atoms with Gasteiger partial charge in [0.25, 0.3) is 0 Å². The molecule has 0 aliphatic rings. The van der Waals surface area contributed by atoms with E-state index < -0.39 is 5.72 Å². The predicted molar refractivity (Wildman–Crippen MR) is 158 cm³/mol. The first kappa shape index (κ1) is 31.7. The molecular formula is C25H43N7O2S2. The fourth-order valence-corrected chi connectivity index (χ4v) is 3.08. The topological polar surface area (TPSA) is 117 Å². The highest BCUT2D eigenvalue weighted by atomic mass is 32.1. The molecule has 0 radical (unpaired) electrons. The summed E-state index contributed by atoms with van der Waals surface area (Å²) in [5.74, 6) is 0.779. The normalized spacial score (nSPS) is 14.5. The van der Waals surface area contributed by atoms with E-state index >= 15 is 0 Å². The van der Waals surface area contributed by atoms with Crippen LogP contribution in [0.25, 0.3) is 0 Å². The van der Waals surface area contributed by atoms with Gasteiger partial charge in [-0.15, -0.1) is 0 Å². The van der Waals surface area contributed by atoms with Crippen LogP contribution in [-0.4, -0.2) is 53.2 Å². The van der Waals surface area contributed by atoms with Gasteiger partial charge in [-0.25, -0.2) is 0 Å². The van der Waals surface area contributed by atoms with Gasteiger partial charge in [0.2, 0.25) is 0 Å². The number of hydrogen-bond acceptors (Lipinski definition) is 7. The molecule has 1 aromatic carbocycles. The van der Waals surface area contributed by atoms with Crippen LogP contribution in [0.15, 0.2) is 34.5 Å². The molecule has 0 bridgehead atoms. The molecule has 0 saturated heterocycles. The van der Waals surface area contributed by atoms with Crippen molar-refractivity contribution in [2.75, 3.05) is 20.3 Å². The van der Waals surface area contributed by atoms with E-state index in [1.807, 2.05) is 58.9 Å². The highest BCUT2D eigenvalue weighted by Gasteiger charge is 2.35. The molecular weight excluding hydrogens is 494 g/mol. The average molecular weight is 538 g/mol. The van der Waals surface area contributed by atoms with Gasteiger partial charge in [-0.1, -0.05) is 20.8 Å². The van der Waals surface area contributed by atoms with Crippen molar-refractivity contribution >= 4 is 46.1 Å². The van der Waals surface area contributed by atoms with Crippen molar-refractivity contribution in [3.05, 3.63) is 29.8 Å². The van der Waals surface area contributed by atoms with E-state index in [0.29, 0.717) is 41.3 Å². The van der Waals surface area contributed by atoms with Gasteiger partial charge < -0.3 is 25.8 Å². The lowest BCUT2D eigenvalue weighted by Crippen LogP contribution is -2.52.